The molecule has 0 spiro atoms. The van der Waals surface area contributed by atoms with Crippen molar-refractivity contribution in [3.8, 4) is 0 Å². The Morgan fingerprint density at radius 3 is 2.47 bits per heavy atom. The van der Waals surface area contributed by atoms with Gasteiger partial charge >= 0.3 is 12.0 Å². The minimum absolute atomic E-state index is 0.414. The Kier molecular flexibility index (Phi) is 9.14. The Hall–Kier alpha value is -1.30. The van der Waals surface area contributed by atoms with Gasteiger partial charge < -0.3 is 21.1 Å². The van der Waals surface area contributed by atoms with Crippen LogP contribution in [0.4, 0.5) is 4.79 Å². The normalized spacial score (nSPS) is 11.9. The van der Waals surface area contributed by atoms with Gasteiger partial charge in [0.25, 0.3) is 0 Å². The summed E-state index contributed by atoms with van der Waals surface area (Å²) in [4.78, 5) is 22.1. The first kappa shape index (κ1) is 15.7. The molecule has 100 valence electrons. The molecule has 0 aliphatic heterocycles. The zero-order valence-electron chi connectivity index (χ0n) is 10.6. The summed E-state index contributed by atoms with van der Waals surface area (Å²) in [5.74, 6) is -0.991. The SMILES string of the molecule is CCC[C@@H](NC(=O)NCCCNCC)C(=O)O. The van der Waals surface area contributed by atoms with Gasteiger partial charge in [-0.15, -0.1) is 0 Å². The van der Waals surface area contributed by atoms with Crippen LogP contribution in [0.2, 0.25) is 0 Å². The number of carbonyl (C=O) groups excluding carboxylic acids is 1. The quantitative estimate of drug-likeness (QED) is 0.446. The molecule has 0 aromatic rings. The Bertz CT molecular complexity index is 234. The van der Waals surface area contributed by atoms with Gasteiger partial charge in [0.15, 0.2) is 0 Å². The highest BCUT2D eigenvalue weighted by molar-refractivity contribution is 5.82. The van der Waals surface area contributed by atoms with E-state index in [4.69, 9.17) is 5.11 Å². The third-order valence-electron chi connectivity index (χ3n) is 2.25. The highest BCUT2D eigenvalue weighted by Crippen LogP contribution is 1.96. The number of carboxylic acids is 1. The van der Waals surface area contributed by atoms with Gasteiger partial charge in [-0.2, -0.15) is 0 Å². The van der Waals surface area contributed by atoms with E-state index in [1.807, 2.05) is 13.8 Å². The van der Waals surface area contributed by atoms with E-state index in [2.05, 4.69) is 16.0 Å². The molecule has 6 heteroatoms. The van der Waals surface area contributed by atoms with Crippen molar-refractivity contribution in [2.24, 2.45) is 0 Å². The fraction of sp³-hybridized carbons (Fsp3) is 0.818. The largest absolute Gasteiger partial charge is 0.480 e. The van der Waals surface area contributed by atoms with E-state index < -0.39 is 18.0 Å². The lowest BCUT2D eigenvalue weighted by molar-refractivity contribution is -0.139. The van der Waals surface area contributed by atoms with E-state index in [0.717, 1.165) is 25.9 Å². The summed E-state index contributed by atoms with van der Waals surface area (Å²) in [7, 11) is 0. The highest BCUT2D eigenvalue weighted by Gasteiger charge is 2.17. The summed E-state index contributed by atoms with van der Waals surface area (Å²) in [6.07, 6.45) is 1.99. The predicted octanol–water partition coefficient (Wildman–Crippen LogP) is 0.539. The van der Waals surface area contributed by atoms with Crippen LogP contribution in [0.1, 0.15) is 33.1 Å². The van der Waals surface area contributed by atoms with Crippen LogP contribution in [0.3, 0.4) is 0 Å². The monoisotopic (exact) mass is 245 g/mol. The molecular formula is C11H23N3O3. The standard InChI is InChI=1S/C11H23N3O3/c1-3-6-9(10(15)16)14-11(17)13-8-5-7-12-4-2/h9,12H,3-8H2,1-2H3,(H,15,16)(H2,13,14,17)/t9-/m1/s1. The van der Waals surface area contributed by atoms with E-state index in [9.17, 15) is 9.59 Å². The zero-order chi connectivity index (χ0) is 13.1. The van der Waals surface area contributed by atoms with Gasteiger partial charge in [0.2, 0.25) is 0 Å². The molecule has 0 bridgehead atoms. The molecule has 0 unspecified atom stereocenters. The second-order valence-electron chi connectivity index (χ2n) is 3.79. The number of hydrogen-bond acceptors (Lipinski definition) is 3. The van der Waals surface area contributed by atoms with Crippen LogP contribution >= 0.6 is 0 Å². The van der Waals surface area contributed by atoms with Gasteiger partial charge in [0, 0.05) is 6.54 Å². The van der Waals surface area contributed by atoms with Crippen LogP contribution in [-0.4, -0.2) is 42.8 Å². The fourth-order valence-electron chi connectivity index (χ4n) is 1.35. The number of rotatable bonds is 9. The lowest BCUT2D eigenvalue weighted by Crippen LogP contribution is -2.46. The second kappa shape index (κ2) is 9.89. The fourth-order valence-corrected chi connectivity index (χ4v) is 1.35. The van der Waals surface area contributed by atoms with E-state index in [-0.39, 0.29) is 0 Å². The van der Waals surface area contributed by atoms with Crippen molar-refractivity contribution < 1.29 is 14.7 Å². The predicted molar refractivity (Wildman–Crippen MR) is 66.0 cm³/mol. The number of nitrogens with one attached hydrogen (secondary N) is 3. The van der Waals surface area contributed by atoms with Crippen molar-refractivity contribution >= 4 is 12.0 Å². The molecule has 17 heavy (non-hydrogen) atoms. The molecule has 1 atom stereocenters. The molecule has 0 aromatic heterocycles. The molecule has 6 nitrogen and oxygen atoms in total. The van der Waals surface area contributed by atoms with Crippen LogP contribution in [0.15, 0.2) is 0 Å². The Morgan fingerprint density at radius 2 is 1.94 bits per heavy atom. The number of carboxylic acid groups (broad SMARTS) is 1. The van der Waals surface area contributed by atoms with Crippen LogP contribution in [0, 0.1) is 0 Å². The van der Waals surface area contributed by atoms with Gasteiger partial charge in [0.1, 0.15) is 6.04 Å². The van der Waals surface area contributed by atoms with E-state index in [1.54, 1.807) is 0 Å². The maximum atomic E-state index is 11.4. The highest BCUT2D eigenvalue weighted by atomic mass is 16.4. The van der Waals surface area contributed by atoms with Gasteiger partial charge in [-0.3, -0.25) is 0 Å². The summed E-state index contributed by atoms with van der Waals surface area (Å²) in [5, 5.41) is 17.0. The molecule has 0 saturated carbocycles. The first-order valence-electron chi connectivity index (χ1n) is 6.09. The average molecular weight is 245 g/mol. The van der Waals surface area contributed by atoms with Gasteiger partial charge in [-0.1, -0.05) is 20.3 Å². The van der Waals surface area contributed by atoms with Gasteiger partial charge in [-0.25, -0.2) is 9.59 Å². The molecular weight excluding hydrogens is 222 g/mol. The van der Waals surface area contributed by atoms with Crippen LogP contribution in [0.5, 0.6) is 0 Å². The van der Waals surface area contributed by atoms with Crippen molar-refractivity contribution in [2.45, 2.75) is 39.2 Å². The Balaban J connectivity index is 3.71. The van der Waals surface area contributed by atoms with Crippen molar-refractivity contribution in [1.82, 2.24) is 16.0 Å². The second-order valence-corrected chi connectivity index (χ2v) is 3.79. The van der Waals surface area contributed by atoms with Crippen molar-refractivity contribution in [2.75, 3.05) is 19.6 Å². The Labute approximate surface area is 102 Å². The van der Waals surface area contributed by atoms with Crippen LogP contribution < -0.4 is 16.0 Å². The third-order valence-corrected chi connectivity index (χ3v) is 2.25. The minimum atomic E-state index is -0.991. The molecule has 4 N–H and O–H groups in total. The lowest BCUT2D eigenvalue weighted by Gasteiger charge is -2.14. The number of urea groups is 1. The van der Waals surface area contributed by atoms with E-state index >= 15 is 0 Å². The molecule has 0 aliphatic rings. The van der Waals surface area contributed by atoms with E-state index in [0.29, 0.717) is 13.0 Å². The maximum Gasteiger partial charge on any atom is 0.326 e. The summed E-state index contributed by atoms with van der Waals surface area (Å²) in [5.41, 5.74) is 0. The first-order valence-corrected chi connectivity index (χ1v) is 6.09. The van der Waals surface area contributed by atoms with Crippen molar-refractivity contribution in [3.63, 3.8) is 0 Å². The van der Waals surface area contributed by atoms with Crippen LogP contribution in [0.25, 0.3) is 0 Å². The first-order chi connectivity index (χ1) is 8.11. The minimum Gasteiger partial charge on any atom is -0.480 e. The van der Waals surface area contributed by atoms with Crippen LogP contribution in [-0.2, 0) is 4.79 Å². The summed E-state index contributed by atoms with van der Waals surface area (Å²) in [6, 6.07) is -1.21. The van der Waals surface area contributed by atoms with E-state index in [1.165, 1.54) is 0 Å². The summed E-state index contributed by atoms with van der Waals surface area (Å²) in [6.45, 7) is 6.18. The van der Waals surface area contributed by atoms with Gasteiger partial charge in [-0.05, 0) is 25.9 Å². The number of amides is 2. The molecule has 0 saturated heterocycles. The average Bonchev–Trinajstić information content (AvgIpc) is 2.28. The molecule has 0 heterocycles. The smallest absolute Gasteiger partial charge is 0.326 e. The molecule has 0 aromatic carbocycles. The molecule has 0 aliphatic carbocycles. The maximum absolute atomic E-state index is 11.4. The zero-order valence-corrected chi connectivity index (χ0v) is 10.6. The molecule has 0 fully saturated rings. The summed E-state index contributed by atoms with van der Waals surface area (Å²) < 4.78 is 0. The van der Waals surface area contributed by atoms with Crippen molar-refractivity contribution in [1.29, 1.82) is 0 Å². The summed E-state index contributed by atoms with van der Waals surface area (Å²) >= 11 is 0. The molecule has 0 radical (unpaired) electrons. The van der Waals surface area contributed by atoms with Crippen molar-refractivity contribution in [3.05, 3.63) is 0 Å². The number of aliphatic carboxylic acids is 1. The van der Waals surface area contributed by atoms with Gasteiger partial charge in [0.05, 0.1) is 0 Å². The Morgan fingerprint density at radius 1 is 1.24 bits per heavy atom. The molecule has 0 rings (SSSR count). The molecule has 2 amide bonds. The third kappa shape index (κ3) is 8.50. The lowest BCUT2D eigenvalue weighted by atomic mass is 10.2. The number of carbonyl (C=O) groups is 2. The number of hydrogen-bond donors (Lipinski definition) is 4. The topological polar surface area (TPSA) is 90.5 Å².